The van der Waals surface area contributed by atoms with Crippen LogP contribution in [0, 0.1) is 0 Å². The van der Waals surface area contributed by atoms with Gasteiger partial charge in [0.2, 0.25) is 0 Å². The van der Waals surface area contributed by atoms with Gasteiger partial charge in [-0.15, -0.1) is 0 Å². The molecule has 0 radical (unpaired) electrons. The number of nitrogens with zero attached hydrogens (tertiary/aromatic N) is 2. The maximum Gasteiger partial charge on any atom is 0.359 e. The van der Waals surface area contributed by atoms with Crippen LogP contribution in [-0.2, 0) is 4.74 Å². The molecule has 0 spiro atoms. The third-order valence-electron chi connectivity index (χ3n) is 2.50. The van der Waals surface area contributed by atoms with Crippen molar-refractivity contribution in [2.24, 2.45) is 0 Å². The first-order valence-corrected chi connectivity index (χ1v) is 6.96. The lowest BCUT2D eigenvalue weighted by Gasteiger charge is -2.09. The molecule has 0 aliphatic heterocycles. The average Bonchev–Trinajstić information content (AvgIpc) is 2.50. The number of para-hydroxylation sites is 1. The highest BCUT2D eigenvalue weighted by molar-refractivity contribution is 9.10. The monoisotopic (exact) mass is 349 g/mol. The van der Waals surface area contributed by atoms with Gasteiger partial charge in [-0.3, -0.25) is 4.79 Å². The van der Waals surface area contributed by atoms with Gasteiger partial charge in [0, 0.05) is 16.9 Å². The summed E-state index contributed by atoms with van der Waals surface area (Å²) < 4.78 is 5.58. The Morgan fingerprint density at radius 2 is 1.86 bits per heavy atom. The van der Waals surface area contributed by atoms with E-state index in [-0.39, 0.29) is 18.0 Å². The Kier molecular flexibility index (Phi) is 4.99. The molecule has 1 amide bonds. The number of hydrogen-bond acceptors (Lipinski definition) is 5. The topological polar surface area (TPSA) is 81.2 Å². The zero-order valence-electron chi connectivity index (χ0n) is 11.2. The molecule has 2 aromatic rings. The molecular formula is C14H12BrN3O3. The number of halogens is 1. The number of rotatable bonds is 4. The van der Waals surface area contributed by atoms with E-state index in [1.807, 2.05) is 6.07 Å². The Morgan fingerprint density at radius 1 is 1.19 bits per heavy atom. The van der Waals surface area contributed by atoms with E-state index in [9.17, 15) is 9.59 Å². The highest BCUT2D eigenvalue weighted by Gasteiger charge is 2.21. The Hall–Kier alpha value is -2.28. The molecule has 21 heavy (non-hydrogen) atoms. The number of aromatic nitrogens is 2. The second-order valence-corrected chi connectivity index (χ2v) is 4.76. The maximum atomic E-state index is 12.3. The molecule has 1 N–H and O–H groups in total. The van der Waals surface area contributed by atoms with Crippen LogP contribution < -0.4 is 5.32 Å². The summed E-state index contributed by atoms with van der Waals surface area (Å²) in [5.41, 5.74) is 0.388. The van der Waals surface area contributed by atoms with Gasteiger partial charge in [-0.2, -0.15) is 0 Å². The number of carbonyl (C=O) groups excluding carboxylic acids is 2. The standard InChI is InChI=1S/C14H12BrN3O3/c1-2-21-14(20)12-11(16-7-8-17-12)13(19)18-10-6-4-3-5-9(10)15/h3-8H,2H2,1H3,(H,18,19). The molecule has 2 rings (SSSR count). The van der Waals surface area contributed by atoms with Crippen molar-refractivity contribution in [1.29, 1.82) is 0 Å². The summed E-state index contributed by atoms with van der Waals surface area (Å²) in [6.45, 7) is 1.87. The third kappa shape index (κ3) is 3.63. The Bertz CT molecular complexity index is 676. The van der Waals surface area contributed by atoms with Crippen LogP contribution in [0.5, 0.6) is 0 Å². The fraction of sp³-hybridized carbons (Fsp3) is 0.143. The fourth-order valence-electron chi connectivity index (χ4n) is 1.60. The Balaban J connectivity index is 2.28. The summed E-state index contributed by atoms with van der Waals surface area (Å²) >= 11 is 3.33. The number of nitrogens with one attached hydrogen (secondary N) is 1. The predicted molar refractivity (Wildman–Crippen MR) is 80.1 cm³/mol. The quantitative estimate of drug-likeness (QED) is 0.858. The first-order valence-electron chi connectivity index (χ1n) is 6.17. The summed E-state index contributed by atoms with van der Waals surface area (Å²) in [6.07, 6.45) is 2.68. The van der Waals surface area contributed by atoms with Crippen molar-refractivity contribution in [3.63, 3.8) is 0 Å². The molecule has 0 saturated heterocycles. The van der Waals surface area contributed by atoms with Crippen molar-refractivity contribution in [2.45, 2.75) is 6.92 Å². The minimum atomic E-state index is -0.678. The number of hydrogen-bond donors (Lipinski definition) is 1. The normalized spacial score (nSPS) is 10.0. The Morgan fingerprint density at radius 3 is 2.52 bits per heavy atom. The lowest BCUT2D eigenvalue weighted by molar-refractivity contribution is 0.0515. The molecular weight excluding hydrogens is 338 g/mol. The van der Waals surface area contributed by atoms with E-state index in [1.54, 1.807) is 25.1 Å². The maximum absolute atomic E-state index is 12.3. The van der Waals surface area contributed by atoms with Gasteiger partial charge >= 0.3 is 5.97 Å². The molecule has 108 valence electrons. The van der Waals surface area contributed by atoms with Gasteiger partial charge in [0.25, 0.3) is 5.91 Å². The van der Waals surface area contributed by atoms with Gasteiger partial charge in [0.05, 0.1) is 12.3 Å². The van der Waals surface area contributed by atoms with Gasteiger partial charge in [-0.1, -0.05) is 12.1 Å². The smallest absolute Gasteiger partial charge is 0.359 e. The third-order valence-corrected chi connectivity index (χ3v) is 3.20. The van der Waals surface area contributed by atoms with Crippen molar-refractivity contribution in [3.05, 3.63) is 52.5 Å². The lowest BCUT2D eigenvalue weighted by Crippen LogP contribution is -2.20. The van der Waals surface area contributed by atoms with Crippen LogP contribution in [-0.4, -0.2) is 28.5 Å². The minimum Gasteiger partial charge on any atom is -0.461 e. The molecule has 1 aromatic heterocycles. The minimum absolute atomic E-state index is 0.0771. The van der Waals surface area contributed by atoms with Crippen molar-refractivity contribution >= 4 is 33.5 Å². The van der Waals surface area contributed by atoms with Gasteiger partial charge in [-0.05, 0) is 35.0 Å². The second-order valence-electron chi connectivity index (χ2n) is 3.91. The van der Waals surface area contributed by atoms with Gasteiger partial charge in [-0.25, -0.2) is 14.8 Å². The van der Waals surface area contributed by atoms with E-state index in [0.29, 0.717) is 5.69 Å². The van der Waals surface area contributed by atoms with E-state index in [2.05, 4.69) is 31.2 Å². The van der Waals surface area contributed by atoms with Crippen LogP contribution in [0.25, 0.3) is 0 Å². The summed E-state index contributed by atoms with van der Waals surface area (Å²) in [7, 11) is 0. The molecule has 0 saturated carbocycles. The first-order chi connectivity index (χ1) is 10.1. The molecule has 1 heterocycles. The molecule has 0 unspecified atom stereocenters. The second kappa shape index (κ2) is 6.94. The zero-order chi connectivity index (χ0) is 15.2. The number of anilines is 1. The highest BCUT2D eigenvalue weighted by Crippen LogP contribution is 2.22. The molecule has 0 atom stereocenters. The first kappa shape index (κ1) is 15.1. The van der Waals surface area contributed by atoms with Crippen LogP contribution in [0.1, 0.15) is 27.9 Å². The zero-order valence-corrected chi connectivity index (χ0v) is 12.8. The molecule has 1 aromatic carbocycles. The molecule has 0 aliphatic carbocycles. The number of benzene rings is 1. The van der Waals surface area contributed by atoms with Crippen LogP contribution in [0.15, 0.2) is 41.1 Å². The molecule has 0 bridgehead atoms. The number of amides is 1. The summed E-state index contributed by atoms with van der Waals surface area (Å²) in [5.74, 6) is -1.21. The number of esters is 1. The predicted octanol–water partition coefficient (Wildman–Crippen LogP) is 2.67. The SMILES string of the molecule is CCOC(=O)c1nccnc1C(=O)Nc1ccccc1Br. The summed E-state index contributed by atoms with van der Waals surface area (Å²) in [4.78, 5) is 31.8. The molecule has 0 fully saturated rings. The van der Waals surface area contributed by atoms with Crippen LogP contribution in [0.4, 0.5) is 5.69 Å². The van der Waals surface area contributed by atoms with Crippen molar-refractivity contribution < 1.29 is 14.3 Å². The molecule has 0 aliphatic rings. The lowest BCUT2D eigenvalue weighted by atomic mass is 10.2. The number of ether oxygens (including phenoxy) is 1. The van der Waals surface area contributed by atoms with E-state index >= 15 is 0 Å². The fourth-order valence-corrected chi connectivity index (χ4v) is 1.98. The van der Waals surface area contributed by atoms with E-state index in [4.69, 9.17) is 4.74 Å². The highest BCUT2D eigenvalue weighted by atomic mass is 79.9. The summed E-state index contributed by atoms with van der Waals surface area (Å²) in [6, 6.07) is 7.12. The van der Waals surface area contributed by atoms with Crippen molar-refractivity contribution in [3.8, 4) is 0 Å². The largest absolute Gasteiger partial charge is 0.461 e. The van der Waals surface area contributed by atoms with Crippen molar-refractivity contribution in [1.82, 2.24) is 9.97 Å². The summed E-state index contributed by atoms with van der Waals surface area (Å²) in [5, 5.41) is 2.67. The average molecular weight is 350 g/mol. The van der Waals surface area contributed by atoms with Gasteiger partial charge < -0.3 is 10.1 Å². The Labute approximate surface area is 129 Å². The van der Waals surface area contributed by atoms with Crippen molar-refractivity contribution in [2.75, 3.05) is 11.9 Å². The van der Waals surface area contributed by atoms with Crippen LogP contribution in [0.3, 0.4) is 0 Å². The van der Waals surface area contributed by atoms with Crippen LogP contribution in [0.2, 0.25) is 0 Å². The van der Waals surface area contributed by atoms with E-state index in [1.165, 1.54) is 12.4 Å². The van der Waals surface area contributed by atoms with Gasteiger partial charge in [0.1, 0.15) is 0 Å². The number of carbonyl (C=O) groups is 2. The van der Waals surface area contributed by atoms with E-state index in [0.717, 1.165) is 4.47 Å². The molecule has 7 heteroatoms. The van der Waals surface area contributed by atoms with Gasteiger partial charge in [0.15, 0.2) is 11.4 Å². The van der Waals surface area contributed by atoms with E-state index < -0.39 is 11.9 Å². The van der Waals surface area contributed by atoms with Crippen LogP contribution >= 0.6 is 15.9 Å². The molecule has 6 nitrogen and oxygen atoms in total.